The molecule has 112 valence electrons. The minimum atomic E-state index is -0.876. The lowest BCUT2D eigenvalue weighted by molar-refractivity contribution is -0.385. The maximum atomic E-state index is 11.1. The van der Waals surface area contributed by atoms with Crippen LogP contribution in [-0.4, -0.2) is 22.9 Å². The highest BCUT2D eigenvalue weighted by atomic mass is 35.5. The lowest BCUT2D eigenvalue weighted by Gasteiger charge is -2.22. The van der Waals surface area contributed by atoms with Crippen molar-refractivity contribution >= 4 is 18.1 Å². The van der Waals surface area contributed by atoms with Crippen LogP contribution in [0.4, 0.5) is 5.69 Å². The van der Waals surface area contributed by atoms with Crippen molar-refractivity contribution in [1.29, 1.82) is 0 Å². The first-order valence-electron chi connectivity index (χ1n) is 5.93. The Labute approximate surface area is 122 Å². The first kappa shape index (κ1) is 16.5. The number of nitro benzene ring substituents is 1. The van der Waals surface area contributed by atoms with E-state index in [0.717, 1.165) is 0 Å². The fraction of sp³-hybridized carbons (Fsp3) is 0.500. The number of rotatable bonds is 4. The predicted molar refractivity (Wildman–Crippen MR) is 74.2 cm³/mol. The molecule has 0 unspecified atom stereocenters. The molecular weight excluding hydrogens is 288 g/mol. The molecule has 8 heteroatoms. The SMILES string of the molecule is CC(C)[C@H](O)[C@H](N)c1cc2c(cc1[N+](=O)[O-])OCO2.Cl. The largest absolute Gasteiger partial charge is 0.454 e. The van der Waals surface area contributed by atoms with Gasteiger partial charge in [-0.2, -0.15) is 0 Å². The fourth-order valence-corrected chi connectivity index (χ4v) is 1.97. The van der Waals surface area contributed by atoms with Crippen LogP contribution in [-0.2, 0) is 0 Å². The third-order valence-electron chi connectivity index (χ3n) is 3.13. The van der Waals surface area contributed by atoms with E-state index in [9.17, 15) is 15.2 Å². The smallest absolute Gasteiger partial charge is 0.278 e. The Bertz CT molecular complexity index is 509. The molecule has 1 aromatic rings. The molecule has 1 aliphatic rings. The minimum Gasteiger partial charge on any atom is -0.454 e. The van der Waals surface area contributed by atoms with E-state index in [2.05, 4.69) is 0 Å². The van der Waals surface area contributed by atoms with E-state index in [0.29, 0.717) is 11.5 Å². The van der Waals surface area contributed by atoms with Crippen molar-refractivity contribution in [3.8, 4) is 11.5 Å². The van der Waals surface area contributed by atoms with Crippen LogP contribution in [0.5, 0.6) is 11.5 Å². The normalized spacial score (nSPS) is 15.7. The molecule has 1 heterocycles. The second kappa shape index (κ2) is 6.25. The fourth-order valence-electron chi connectivity index (χ4n) is 1.97. The number of ether oxygens (including phenoxy) is 2. The van der Waals surface area contributed by atoms with Gasteiger partial charge in [-0.25, -0.2) is 0 Å². The molecule has 0 bridgehead atoms. The Morgan fingerprint density at radius 1 is 1.35 bits per heavy atom. The van der Waals surface area contributed by atoms with Crippen molar-refractivity contribution in [2.45, 2.75) is 26.0 Å². The summed E-state index contributed by atoms with van der Waals surface area (Å²) in [6.07, 6.45) is -0.876. The highest BCUT2D eigenvalue weighted by molar-refractivity contribution is 5.85. The van der Waals surface area contributed by atoms with Gasteiger partial charge in [-0.15, -0.1) is 12.4 Å². The Kier molecular flexibility index (Phi) is 5.15. The van der Waals surface area contributed by atoms with Crippen LogP contribution >= 0.6 is 12.4 Å². The average molecular weight is 305 g/mol. The number of nitrogens with zero attached hydrogens (tertiary/aromatic N) is 1. The van der Waals surface area contributed by atoms with Crippen molar-refractivity contribution in [2.75, 3.05) is 6.79 Å². The molecule has 0 amide bonds. The summed E-state index contributed by atoms with van der Waals surface area (Å²) in [6.45, 7) is 3.62. The second-order valence-corrected chi connectivity index (χ2v) is 4.78. The summed E-state index contributed by atoms with van der Waals surface area (Å²) in [7, 11) is 0. The lowest BCUT2D eigenvalue weighted by Crippen LogP contribution is -2.31. The van der Waals surface area contributed by atoms with Gasteiger partial charge in [0.25, 0.3) is 5.69 Å². The number of nitro groups is 1. The zero-order valence-corrected chi connectivity index (χ0v) is 11.9. The molecular formula is C12H17ClN2O5. The summed E-state index contributed by atoms with van der Waals surface area (Å²) < 4.78 is 10.3. The van der Waals surface area contributed by atoms with Crippen molar-refractivity contribution in [3.05, 3.63) is 27.8 Å². The quantitative estimate of drug-likeness (QED) is 0.648. The van der Waals surface area contributed by atoms with Gasteiger partial charge in [-0.3, -0.25) is 10.1 Å². The second-order valence-electron chi connectivity index (χ2n) is 4.78. The third-order valence-corrected chi connectivity index (χ3v) is 3.13. The maximum absolute atomic E-state index is 11.1. The predicted octanol–water partition coefficient (Wildman–Crippen LogP) is 1.76. The Hall–Kier alpha value is -1.57. The van der Waals surface area contributed by atoms with Gasteiger partial charge in [0.15, 0.2) is 11.5 Å². The van der Waals surface area contributed by atoms with Gasteiger partial charge < -0.3 is 20.3 Å². The third kappa shape index (κ3) is 2.95. The Morgan fingerprint density at radius 2 is 1.90 bits per heavy atom. The standard InChI is InChI=1S/C12H16N2O5.ClH/c1-6(2)12(15)11(13)7-3-9-10(19-5-18-9)4-8(7)14(16)17;/h3-4,6,11-12,15H,5,13H2,1-2H3;1H/t11-,12+;/m1./s1. The zero-order chi connectivity index (χ0) is 14.2. The van der Waals surface area contributed by atoms with Gasteiger partial charge in [0.1, 0.15) is 0 Å². The van der Waals surface area contributed by atoms with E-state index in [4.69, 9.17) is 15.2 Å². The monoisotopic (exact) mass is 304 g/mol. The van der Waals surface area contributed by atoms with Crippen LogP contribution in [0, 0.1) is 16.0 Å². The molecule has 0 radical (unpaired) electrons. The van der Waals surface area contributed by atoms with Crippen molar-refractivity contribution in [3.63, 3.8) is 0 Å². The molecule has 2 rings (SSSR count). The highest BCUT2D eigenvalue weighted by Gasteiger charge is 2.30. The van der Waals surface area contributed by atoms with Crippen LogP contribution in [0.15, 0.2) is 12.1 Å². The number of nitrogens with two attached hydrogens (primary N) is 1. The summed E-state index contributed by atoms with van der Waals surface area (Å²) in [5.41, 5.74) is 6.00. The Morgan fingerprint density at radius 3 is 2.40 bits per heavy atom. The van der Waals surface area contributed by atoms with Gasteiger partial charge in [0.05, 0.1) is 28.7 Å². The first-order valence-corrected chi connectivity index (χ1v) is 5.93. The van der Waals surface area contributed by atoms with E-state index >= 15 is 0 Å². The maximum Gasteiger partial charge on any atom is 0.278 e. The van der Waals surface area contributed by atoms with Crippen molar-refractivity contribution in [1.82, 2.24) is 0 Å². The van der Waals surface area contributed by atoms with Crippen LogP contribution in [0.3, 0.4) is 0 Å². The van der Waals surface area contributed by atoms with E-state index in [1.165, 1.54) is 12.1 Å². The number of hydrogen-bond acceptors (Lipinski definition) is 6. The number of halogens is 1. The van der Waals surface area contributed by atoms with Gasteiger partial charge >= 0.3 is 0 Å². The number of fused-ring (bicyclic) bond motifs is 1. The molecule has 1 aliphatic heterocycles. The highest BCUT2D eigenvalue weighted by Crippen LogP contribution is 2.40. The summed E-state index contributed by atoms with van der Waals surface area (Å²) >= 11 is 0. The molecule has 0 aromatic heterocycles. The lowest BCUT2D eigenvalue weighted by atomic mass is 9.93. The molecule has 20 heavy (non-hydrogen) atoms. The van der Waals surface area contributed by atoms with Gasteiger partial charge in [-0.1, -0.05) is 13.8 Å². The molecule has 3 N–H and O–H groups in total. The molecule has 0 aliphatic carbocycles. The summed E-state index contributed by atoms with van der Waals surface area (Å²) in [5, 5.41) is 21.1. The van der Waals surface area contributed by atoms with E-state index in [1.807, 2.05) is 0 Å². The Balaban J connectivity index is 0.00000200. The van der Waals surface area contributed by atoms with Crippen LogP contribution in [0.1, 0.15) is 25.5 Å². The minimum absolute atomic E-state index is 0. The van der Waals surface area contributed by atoms with E-state index in [1.54, 1.807) is 13.8 Å². The number of hydrogen-bond donors (Lipinski definition) is 2. The molecule has 7 nitrogen and oxygen atoms in total. The van der Waals surface area contributed by atoms with Crippen molar-refractivity contribution in [2.24, 2.45) is 11.7 Å². The molecule has 0 saturated heterocycles. The molecule has 0 spiro atoms. The zero-order valence-electron chi connectivity index (χ0n) is 11.1. The van der Waals surface area contributed by atoms with Gasteiger partial charge in [0, 0.05) is 0 Å². The number of aliphatic hydroxyl groups is 1. The van der Waals surface area contributed by atoms with Crippen LogP contribution in [0.25, 0.3) is 0 Å². The number of aliphatic hydroxyl groups excluding tert-OH is 1. The molecule has 2 atom stereocenters. The summed E-state index contributed by atoms with van der Waals surface area (Å²) in [6, 6.07) is 1.90. The number of benzene rings is 1. The van der Waals surface area contributed by atoms with Gasteiger partial charge in [-0.05, 0) is 12.0 Å². The molecule has 0 saturated carbocycles. The first-order chi connectivity index (χ1) is 8.91. The summed E-state index contributed by atoms with van der Waals surface area (Å²) in [4.78, 5) is 10.6. The van der Waals surface area contributed by atoms with Crippen LogP contribution in [0.2, 0.25) is 0 Å². The van der Waals surface area contributed by atoms with E-state index < -0.39 is 17.1 Å². The van der Waals surface area contributed by atoms with Crippen molar-refractivity contribution < 1.29 is 19.5 Å². The topological polar surface area (TPSA) is 108 Å². The average Bonchev–Trinajstić information content (AvgIpc) is 2.82. The van der Waals surface area contributed by atoms with Gasteiger partial charge in [0.2, 0.25) is 6.79 Å². The molecule has 0 fully saturated rings. The van der Waals surface area contributed by atoms with E-state index in [-0.39, 0.29) is 36.4 Å². The van der Waals surface area contributed by atoms with Crippen LogP contribution < -0.4 is 15.2 Å². The molecule has 1 aromatic carbocycles. The summed E-state index contributed by atoms with van der Waals surface area (Å²) in [5.74, 6) is 0.619.